The minimum absolute atomic E-state index is 0.00870. The van der Waals surface area contributed by atoms with Crippen LogP contribution in [0.5, 0.6) is 0 Å². The average molecular weight is 384 g/mol. The predicted octanol–water partition coefficient (Wildman–Crippen LogP) is 4.11. The minimum atomic E-state index is -0.513. The van der Waals surface area contributed by atoms with E-state index in [1.807, 2.05) is 82.0 Å². The first kappa shape index (κ1) is 23.3. The molecule has 0 aliphatic carbocycles. The van der Waals surface area contributed by atoms with E-state index in [2.05, 4.69) is 4.98 Å². The van der Waals surface area contributed by atoms with Gasteiger partial charge in [0, 0.05) is 37.3 Å². The highest BCUT2D eigenvalue weighted by Gasteiger charge is 2.35. The third-order valence-electron chi connectivity index (χ3n) is 4.61. The summed E-state index contributed by atoms with van der Waals surface area (Å²) in [6.45, 7) is 10.6. The largest absolute Gasteiger partial charge is 0.370 e. The zero-order valence-corrected chi connectivity index (χ0v) is 17.6. The minimum Gasteiger partial charge on any atom is -0.370 e. The number of carbonyl (C=O) groups excluding carboxylic acids is 2. The lowest BCUT2D eigenvalue weighted by Crippen LogP contribution is -2.42. The van der Waals surface area contributed by atoms with Crippen LogP contribution in [-0.4, -0.2) is 34.3 Å². The second-order valence-corrected chi connectivity index (χ2v) is 6.67. The van der Waals surface area contributed by atoms with E-state index in [1.165, 1.54) is 0 Å². The molecule has 2 N–H and O–H groups in total. The van der Waals surface area contributed by atoms with Crippen molar-refractivity contribution in [2.24, 2.45) is 5.73 Å². The number of carbonyl (C=O) groups is 2. The summed E-state index contributed by atoms with van der Waals surface area (Å²) in [6.07, 6.45) is 3.48. The first-order valence-corrected chi connectivity index (χ1v) is 9.99. The quantitative estimate of drug-likeness (QED) is 0.745. The SMILES string of the molecule is CC.CCN(C(=O)C(c1cccnc1)C(CC(N)=O)c1ccccc1)C(C)C. The number of likely N-dealkylation sites (N-methyl/N-ethyl adjacent to an activating group) is 1. The highest BCUT2D eigenvalue weighted by molar-refractivity contribution is 5.86. The summed E-state index contributed by atoms with van der Waals surface area (Å²) >= 11 is 0. The van der Waals surface area contributed by atoms with Gasteiger partial charge in [0.2, 0.25) is 11.8 Å². The van der Waals surface area contributed by atoms with Crippen LogP contribution in [0.4, 0.5) is 0 Å². The Kier molecular flexibility index (Phi) is 9.93. The van der Waals surface area contributed by atoms with Crippen molar-refractivity contribution in [2.75, 3.05) is 6.54 Å². The molecule has 0 saturated carbocycles. The Hall–Kier alpha value is -2.69. The van der Waals surface area contributed by atoms with Crippen LogP contribution in [0.2, 0.25) is 0 Å². The molecule has 152 valence electrons. The van der Waals surface area contributed by atoms with Gasteiger partial charge in [-0.15, -0.1) is 0 Å². The smallest absolute Gasteiger partial charge is 0.231 e. The molecule has 0 bridgehead atoms. The van der Waals surface area contributed by atoms with E-state index in [9.17, 15) is 9.59 Å². The lowest BCUT2D eigenvalue weighted by molar-refractivity contribution is -0.135. The van der Waals surface area contributed by atoms with E-state index in [-0.39, 0.29) is 24.3 Å². The molecule has 5 nitrogen and oxygen atoms in total. The molecule has 1 heterocycles. The van der Waals surface area contributed by atoms with Gasteiger partial charge in [0.15, 0.2) is 0 Å². The van der Waals surface area contributed by atoms with Crippen LogP contribution >= 0.6 is 0 Å². The van der Waals surface area contributed by atoms with Gasteiger partial charge in [0.25, 0.3) is 0 Å². The van der Waals surface area contributed by atoms with E-state index in [1.54, 1.807) is 12.4 Å². The molecule has 2 rings (SSSR count). The van der Waals surface area contributed by atoms with Gasteiger partial charge in [0.05, 0.1) is 5.92 Å². The summed E-state index contributed by atoms with van der Waals surface area (Å²) < 4.78 is 0. The molecular weight excluding hydrogens is 350 g/mol. The normalized spacial score (nSPS) is 12.5. The fourth-order valence-corrected chi connectivity index (χ4v) is 3.41. The molecule has 1 aromatic carbocycles. The van der Waals surface area contributed by atoms with Crippen molar-refractivity contribution >= 4 is 11.8 Å². The second-order valence-electron chi connectivity index (χ2n) is 6.67. The molecule has 1 aromatic heterocycles. The maximum Gasteiger partial charge on any atom is 0.231 e. The van der Waals surface area contributed by atoms with Gasteiger partial charge in [-0.3, -0.25) is 14.6 Å². The standard InChI is InChI=1S/C21H27N3O2.C2H6/c1-4-24(15(2)3)21(26)20(17-11-8-12-23-14-17)18(13-19(22)25)16-9-6-5-7-10-16;1-2/h5-12,14-15,18,20H,4,13H2,1-3H3,(H2,22,25);1-2H3. The second kappa shape index (κ2) is 11.9. The van der Waals surface area contributed by atoms with Crippen molar-refractivity contribution in [1.82, 2.24) is 9.88 Å². The lowest BCUT2D eigenvalue weighted by atomic mass is 9.78. The van der Waals surface area contributed by atoms with Crippen molar-refractivity contribution in [2.45, 2.75) is 58.9 Å². The molecule has 0 saturated heterocycles. The van der Waals surface area contributed by atoms with E-state index in [4.69, 9.17) is 5.73 Å². The Balaban J connectivity index is 0.00000190. The highest BCUT2D eigenvalue weighted by Crippen LogP contribution is 2.37. The zero-order chi connectivity index (χ0) is 21.1. The summed E-state index contributed by atoms with van der Waals surface area (Å²) in [5.41, 5.74) is 7.26. The summed E-state index contributed by atoms with van der Waals surface area (Å²) in [5.74, 6) is -1.28. The van der Waals surface area contributed by atoms with Gasteiger partial charge < -0.3 is 10.6 Å². The van der Waals surface area contributed by atoms with Gasteiger partial charge in [-0.05, 0) is 38.0 Å². The average Bonchev–Trinajstić information content (AvgIpc) is 2.70. The molecule has 0 radical (unpaired) electrons. The Morgan fingerprint density at radius 2 is 1.64 bits per heavy atom. The number of aromatic nitrogens is 1. The number of benzene rings is 1. The van der Waals surface area contributed by atoms with Crippen LogP contribution in [0.3, 0.4) is 0 Å². The molecule has 0 fully saturated rings. The Bertz CT molecular complexity index is 717. The molecule has 2 atom stereocenters. The van der Waals surface area contributed by atoms with Gasteiger partial charge in [-0.1, -0.05) is 50.2 Å². The van der Waals surface area contributed by atoms with E-state index < -0.39 is 11.8 Å². The summed E-state index contributed by atoms with van der Waals surface area (Å²) in [4.78, 5) is 31.3. The summed E-state index contributed by atoms with van der Waals surface area (Å²) in [7, 11) is 0. The maximum atomic E-state index is 13.5. The molecule has 5 heteroatoms. The van der Waals surface area contributed by atoms with Gasteiger partial charge >= 0.3 is 0 Å². The van der Waals surface area contributed by atoms with Crippen LogP contribution in [0, 0.1) is 0 Å². The third kappa shape index (κ3) is 6.19. The van der Waals surface area contributed by atoms with Crippen LogP contribution in [-0.2, 0) is 9.59 Å². The number of rotatable bonds is 8. The number of hydrogen-bond acceptors (Lipinski definition) is 3. The summed E-state index contributed by atoms with van der Waals surface area (Å²) in [6, 6.07) is 13.4. The number of hydrogen-bond donors (Lipinski definition) is 1. The molecule has 0 spiro atoms. The topological polar surface area (TPSA) is 76.3 Å². The zero-order valence-electron chi connectivity index (χ0n) is 17.6. The first-order valence-electron chi connectivity index (χ1n) is 9.99. The maximum absolute atomic E-state index is 13.5. The molecule has 2 unspecified atom stereocenters. The van der Waals surface area contributed by atoms with Crippen molar-refractivity contribution < 1.29 is 9.59 Å². The fourth-order valence-electron chi connectivity index (χ4n) is 3.41. The number of primary amides is 1. The molecular formula is C23H33N3O2. The van der Waals surface area contributed by atoms with Crippen molar-refractivity contribution in [3.05, 3.63) is 66.0 Å². The van der Waals surface area contributed by atoms with Crippen LogP contribution in [0.25, 0.3) is 0 Å². The van der Waals surface area contributed by atoms with Crippen molar-refractivity contribution in [3.8, 4) is 0 Å². The van der Waals surface area contributed by atoms with Crippen LogP contribution in [0.15, 0.2) is 54.9 Å². The monoisotopic (exact) mass is 383 g/mol. The molecule has 28 heavy (non-hydrogen) atoms. The van der Waals surface area contributed by atoms with Gasteiger partial charge in [-0.2, -0.15) is 0 Å². The molecule has 0 aliphatic rings. The number of pyridine rings is 1. The van der Waals surface area contributed by atoms with E-state index in [0.717, 1.165) is 11.1 Å². The van der Waals surface area contributed by atoms with Crippen molar-refractivity contribution in [1.29, 1.82) is 0 Å². The lowest BCUT2D eigenvalue weighted by Gasteiger charge is -2.33. The van der Waals surface area contributed by atoms with Gasteiger partial charge in [-0.25, -0.2) is 0 Å². The Morgan fingerprint density at radius 1 is 1.04 bits per heavy atom. The fraction of sp³-hybridized carbons (Fsp3) is 0.435. The summed E-state index contributed by atoms with van der Waals surface area (Å²) in [5, 5.41) is 0. The third-order valence-corrected chi connectivity index (χ3v) is 4.61. The van der Waals surface area contributed by atoms with E-state index in [0.29, 0.717) is 6.54 Å². The molecule has 2 aromatic rings. The molecule has 2 amide bonds. The van der Waals surface area contributed by atoms with Crippen molar-refractivity contribution in [3.63, 3.8) is 0 Å². The first-order chi connectivity index (χ1) is 13.5. The molecule has 0 aliphatic heterocycles. The number of nitrogens with two attached hydrogens (primary N) is 1. The van der Waals surface area contributed by atoms with Crippen LogP contribution < -0.4 is 5.73 Å². The Labute approximate surface area is 169 Å². The van der Waals surface area contributed by atoms with E-state index >= 15 is 0 Å². The number of amides is 2. The Morgan fingerprint density at radius 3 is 2.11 bits per heavy atom. The predicted molar refractivity (Wildman–Crippen MR) is 114 cm³/mol. The van der Waals surface area contributed by atoms with Crippen LogP contribution in [0.1, 0.15) is 64.0 Å². The van der Waals surface area contributed by atoms with Gasteiger partial charge in [0.1, 0.15) is 0 Å². The highest BCUT2D eigenvalue weighted by atomic mass is 16.2. The number of nitrogens with zero attached hydrogens (tertiary/aromatic N) is 2.